The van der Waals surface area contributed by atoms with Gasteiger partial charge in [-0.2, -0.15) is 0 Å². The Hall–Kier alpha value is -1.36. The van der Waals surface area contributed by atoms with Gasteiger partial charge in [-0.1, -0.05) is 6.92 Å². The van der Waals surface area contributed by atoms with Crippen molar-refractivity contribution in [2.24, 2.45) is 5.92 Å². The van der Waals surface area contributed by atoms with Crippen LogP contribution in [0, 0.1) is 12.8 Å². The Bertz CT molecular complexity index is 316. The predicted octanol–water partition coefficient (Wildman–Crippen LogP) is 1.06. The predicted molar refractivity (Wildman–Crippen MR) is 60.7 cm³/mol. The summed E-state index contributed by atoms with van der Waals surface area (Å²) in [6, 6.07) is 0. The maximum Gasteiger partial charge on any atom is 0.134 e. The zero-order valence-electron chi connectivity index (χ0n) is 9.45. The molecule has 1 atom stereocenters. The van der Waals surface area contributed by atoms with Crippen molar-refractivity contribution in [2.45, 2.75) is 13.8 Å². The molecule has 15 heavy (non-hydrogen) atoms. The second kappa shape index (κ2) is 5.50. The summed E-state index contributed by atoms with van der Waals surface area (Å²) < 4.78 is 5.05. The Labute approximate surface area is 90.1 Å². The van der Waals surface area contributed by atoms with Crippen molar-refractivity contribution < 1.29 is 4.74 Å². The molecular weight excluding hydrogens is 192 g/mol. The molecule has 0 amide bonds. The minimum Gasteiger partial charge on any atom is -0.384 e. The van der Waals surface area contributed by atoms with E-state index in [1.165, 1.54) is 6.33 Å². The van der Waals surface area contributed by atoms with Crippen molar-refractivity contribution in [1.82, 2.24) is 9.97 Å². The summed E-state index contributed by atoms with van der Waals surface area (Å²) in [5, 5.41) is 3.23. The second-order valence-corrected chi connectivity index (χ2v) is 3.67. The Morgan fingerprint density at radius 3 is 2.93 bits per heavy atom. The van der Waals surface area contributed by atoms with Crippen molar-refractivity contribution in [3.05, 3.63) is 11.9 Å². The van der Waals surface area contributed by atoms with E-state index in [1.807, 2.05) is 6.92 Å². The van der Waals surface area contributed by atoms with Crippen LogP contribution in [0.4, 0.5) is 11.6 Å². The summed E-state index contributed by atoms with van der Waals surface area (Å²) in [6.07, 6.45) is 1.46. The molecule has 0 bridgehead atoms. The van der Waals surface area contributed by atoms with Gasteiger partial charge in [-0.25, -0.2) is 9.97 Å². The molecule has 0 saturated carbocycles. The number of aromatic nitrogens is 2. The maximum absolute atomic E-state index is 5.67. The number of hydrogen-bond donors (Lipinski definition) is 2. The summed E-state index contributed by atoms with van der Waals surface area (Å²) in [5.41, 5.74) is 6.56. The van der Waals surface area contributed by atoms with Gasteiger partial charge in [0.25, 0.3) is 0 Å². The van der Waals surface area contributed by atoms with E-state index in [0.29, 0.717) is 11.7 Å². The van der Waals surface area contributed by atoms with Gasteiger partial charge in [0.1, 0.15) is 18.0 Å². The molecule has 84 valence electrons. The van der Waals surface area contributed by atoms with Crippen molar-refractivity contribution in [3.63, 3.8) is 0 Å². The number of nitrogens with zero attached hydrogens (tertiary/aromatic N) is 2. The van der Waals surface area contributed by atoms with Crippen LogP contribution in [0.2, 0.25) is 0 Å². The SMILES string of the molecule is COCC(C)CNc1ncnc(N)c1C. The van der Waals surface area contributed by atoms with Crippen LogP contribution in [0.1, 0.15) is 12.5 Å². The Morgan fingerprint density at radius 2 is 2.27 bits per heavy atom. The lowest BCUT2D eigenvalue weighted by atomic mass is 10.2. The fourth-order valence-corrected chi connectivity index (χ4v) is 1.26. The minimum absolute atomic E-state index is 0.436. The number of nitrogens with one attached hydrogen (secondary N) is 1. The lowest BCUT2D eigenvalue weighted by Crippen LogP contribution is -2.17. The molecule has 0 radical (unpaired) electrons. The molecule has 1 aromatic heterocycles. The molecule has 1 rings (SSSR count). The van der Waals surface area contributed by atoms with Crippen LogP contribution < -0.4 is 11.1 Å². The van der Waals surface area contributed by atoms with E-state index < -0.39 is 0 Å². The van der Waals surface area contributed by atoms with Gasteiger partial charge in [-0.05, 0) is 12.8 Å². The number of ether oxygens (including phenoxy) is 1. The van der Waals surface area contributed by atoms with Crippen LogP contribution in [-0.2, 0) is 4.74 Å². The third kappa shape index (κ3) is 3.36. The summed E-state index contributed by atoms with van der Waals surface area (Å²) in [7, 11) is 1.70. The van der Waals surface area contributed by atoms with E-state index >= 15 is 0 Å². The Kier molecular flexibility index (Phi) is 4.30. The van der Waals surface area contributed by atoms with Gasteiger partial charge >= 0.3 is 0 Å². The summed E-state index contributed by atoms with van der Waals surface area (Å²) in [6.45, 7) is 5.55. The molecule has 0 fully saturated rings. The van der Waals surface area contributed by atoms with Gasteiger partial charge in [-0.3, -0.25) is 0 Å². The monoisotopic (exact) mass is 210 g/mol. The van der Waals surface area contributed by atoms with Crippen LogP contribution in [-0.4, -0.2) is 30.2 Å². The van der Waals surface area contributed by atoms with Gasteiger partial charge in [-0.15, -0.1) is 0 Å². The lowest BCUT2D eigenvalue weighted by molar-refractivity contribution is 0.164. The molecule has 0 spiro atoms. The van der Waals surface area contributed by atoms with Crippen LogP contribution in [0.15, 0.2) is 6.33 Å². The third-order valence-electron chi connectivity index (χ3n) is 2.19. The average Bonchev–Trinajstić information content (AvgIpc) is 2.21. The van der Waals surface area contributed by atoms with Crippen molar-refractivity contribution in [3.8, 4) is 0 Å². The molecule has 3 N–H and O–H groups in total. The first-order valence-corrected chi connectivity index (χ1v) is 4.95. The zero-order chi connectivity index (χ0) is 11.3. The topological polar surface area (TPSA) is 73.1 Å². The van der Waals surface area contributed by atoms with Crippen molar-refractivity contribution in [2.75, 3.05) is 31.3 Å². The molecular formula is C10H18N4O. The molecule has 0 saturated heterocycles. The van der Waals surface area contributed by atoms with E-state index in [2.05, 4.69) is 22.2 Å². The van der Waals surface area contributed by atoms with E-state index in [1.54, 1.807) is 7.11 Å². The minimum atomic E-state index is 0.436. The molecule has 0 aliphatic heterocycles. The van der Waals surface area contributed by atoms with E-state index in [-0.39, 0.29) is 0 Å². The van der Waals surface area contributed by atoms with E-state index in [9.17, 15) is 0 Å². The summed E-state index contributed by atoms with van der Waals surface area (Å²) in [4.78, 5) is 8.03. The van der Waals surface area contributed by atoms with Gasteiger partial charge in [0, 0.05) is 19.2 Å². The van der Waals surface area contributed by atoms with E-state index in [4.69, 9.17) is 10.5 Å². The van der Waals surface area contributed by atoms with Crippen LogP contribution in [0.5, 0.6) is 0 Å². The van der Waals surface area contributed by atoms with Crippen LogP contribution in [0.25, 0.3) is 0 Å². The fourth-order valence-electron chi connectivity index (χ4n) is 1.26. The van der Waals surface area contributed by atoms with Crippen molar-refractivity contribution in [1.29, 1.82) is 0 Å². The number of anilines is 2. The molecule has 5 heteroatoms. The molecule has 0 aliphatic rings. The second-order valence-electron chi connectivity index (χ2n) is 3.67. The highest BCUT2D eigenvalue weighted by Crippen LogP contribution is 2.15. The lowest BCUT2D eigenvalue weighted by Gasteiger charge is -2.13. The first-order valence-electron chi connectivity index (χ1n) is 4.95. The first-order chi connectivity index (χ1) is 7.15. The highest BCUT2D eigenvalue weighted by molar-refractivity contribution is 5.53. The highest BCUT2D eigenvalue weighted by Gasteiger charge is 2.05. The normalized spacial score (nSPS) is 12.5. The van der Waals surface area contributed by atoms with Gasteiger partial charge < -0.3 is 15.8 Å². The fraction of sp³-hybridized carbons (Fsp3) is 0.600. The maximum atomic E-state index is 5.67. The largest absolute Gasteiger partial charge is 0.384 e. The van der Waals surface area contributed by atoms with Crippen LogP contribution >= 0.6 is 0 Å². The molecule has 1 unspecified atom stereocenters. The van der Waals surface area contributed by atoms with Gasteiger partial charge in [0.05, 0.1) is 6.61 Å². The third-order valence-corrected chi connectivity index (χ3v) is 2.19. The average molecular weight is 210 g/mol. The first kappa shape index (κ1) is 11.7. The number of nitrogens with two attached hydrogens (primary N) is 1. The zero-order valence-corrected chi connectivity index (χ0v) is 9.45. The number of nitrogen functional groups attached to an aromatic ring is 1. The molecule has 0 aliphatic carbocycles. The van der Waals surface area contributed by atoms with Gasteiger partial charge in [0.15, 0.2) is 0 Å². The van der Waals surface area contributed by atoms with Gasteiger partial charge in [0.2, 0.25) is 0 Å². The molecule has 1 heterocycles. The molecule has 1 aromatic rings. The smallest absolute Gasteiger partial charge is 0.134 e. The quantitative estimate of drug-likeness (QED) is 0.760. The van der Waals surface area contributed by atoms with Crippen LogP contribution in [0.3, 0.4) is 0 Å². The summed E-state index contributed by atoms with van der Waals surface area (Å²) >= 11 is 0. The van der Waals surface area contributed by atoms with Crippen molar-refractivity contribution >= 4 is 11.6 Å². The molecule has 0 aromatic carbocycles. The standard InChI is InChI=1S/C10H18N4O/c1-7(5-15-3)4-12-10-8(2)9(11)13-6-14-10/h6-7H,4-5H2,1-3H3,(H3,11,12,13,14). The number of hydrogen-bond acceptors (Lipinski definition) is 5. The van der Waals surface area contributed by atoms with E-state index in [0.717, 1.165) is 24.5 Å². The Balaban J connectivity index is 2.54. The number of rotatable bonds is 5. The summed E-state index contributed by atoms with van der Waals surface area (Å²) in [5.74, 6) is 1.75. The highest BCUT2D eigenvalue weighted by atomic mass is 16.5. The Morgan fingerprint density at radius 1 is 1.53 bits per heavy atom. The number of methoxy groups -OCH3 is 1. The molecule has 5 nitrogen and oxygen atoms in total.